The molecule has 0 radical (unpaired) electrons. The van der Waals surface area contributed by atoms with Crippen molar-refractivity contribution in [2.75, 3.05) is 13.1 Å². The van der Waals surface area contributed by atoms with Gasteiger partial charge in [0.05, 0.1) is 5.51 Å². The van der Waals surface area contributed by atoms with Crippen LogP contribution in [-0.4, -0.2) is 45.0 Å². The van der Waals surface area contributed by atoms with Gasteiger partial charge in [0.1, 0.15) is 11.8 Å². The average Bonchev–Trinajstić information content (AvgIpc) is 3.09. The third-order valence-electron chi connectivity index (χ3n) is 3.58. The first kappa shape index (κ1) is 16.6. The van der Waals surface area contributed by atoms with E-state index < -0.39 is 11.9 Å². The number of ether oxygens (including phenoxy) is 1. The predicted octanol–water partition coefficient (Wildman–Crippen LogP) is 2.64. The van der Waals surface area contributed by atoms with E-state index in [-0.39, 0.29) is 18.0 Å². The number of rotatable bonds is 3. The second-order valence-electron chi connectivity index (χ2n) is 5.21. The van der Waals surface area contributed by atoms with Crippen LogP contribution in [0.15, 0.2) is 23.2 Å². The topological polar surface area (TPSA) is 68.2 Å². The summed E-state index contributed by atoms with van der Waals surface area (Å²) in [5.41, 5.74) is 0.956. The summed E-state index contributed by atoms with van der Waals surface area (Å²) >= 11 is 1.35. The van der Waals surface area contributed by atoms with Crippen LogP contribution in [0.25, 0.3) is 0 Å². The minimum absolute atomic E-state index is 0.148. The Morgan fingerprint density at radius 3 is 2.67 bits per heavy atom. The molecule has 0 aliphatic carbocycles. The van der Waals surface area contributed by atoms with Crippen LogP contribution < -0.4 is 4.74 Å². The molecule has 1 amide bonds. The molecule has 2 aromatic heterocycles. The van der Waals surface area contributed by atoms with Crippen molar-refractivity contribution >= 4 is 17.2 Å². The molecule has 0 saturated carbocycles. The summed E-state index contributed by atoms with van der Waals surface area (Å²) in [6.45, 7) is 0.889. The van der Waals surface area contributed by atoms with Gasteiger partial charge in [-0.15, -0.1) is 11.3 Å². The molecule has 10 heteroatoms. The lowest BCUT2D eigenvalue weighted by Crippen LogP contribution is -2.42. The van der Waals surface area contributed by atoms with E-state index in [0.29, 0.717) is 31.6 Å². The number of piperidine rings is 1. The van der Waals surface area contributed by atoms with Gasteiger partial charge in [-0.3, -0.25) is 4.79 Å². The van der Waals surface area contributed by atoms with Crippen LogP contribution >= 0.6 is 11.3 Å². The van der Waals surface area contributed by atoms with Gasteiger partial charge in [0, 0.05) is 37.5 Å². The SMILES string of the molecule is O=C(c1cscn1)N1CCC(Oc2nccc(C(F)(F)F)n2)CC1. The summed E-state index contributed by atoms with van der Waals surface area (Å²) in [5, 5.41) is 1.68. The number of alkyl halides is 3. The lowest BCUT2D eigenvalue weighted by Gasteiger charge is -2.31. The van der Waals surface area contributed by atoms with Crippen LogP contribution in [0.4, 0.5) is 13.2 Å². The molecule has 0 spiro atoms. The van der Waals surface area contributed by atoms with Crippen molar-refractivity contribution in [3.8, 4) is 6.01 Å². The smallest absolute Gasteiger partial charge is 0.433 e. The molecule has 3 rings (SSSR count). The minimum atomic E-state index is -4.54. The van der Waals surface area contributed by atoms with Crippen molar-refractivity contribution < 1.29 is 22.7 Å². The number of likely N-dealkylation sites (tertiary alicyclic amines) is 1. The normalized spacial score (nSPS) is 16.2. The maximum Gasteiger partial charge on any atom is 0.433 e. The Hall–Kier alpha value is -2.23. The van der Waals surface area contributed by atoms with E-state index in [1.54, 1.807) is 15.8 Å². The van der Waals surface area contributed by atoms with Gasteiger partial charge >= 0.3 is 12.2 Å². The molecular formula is C14H13F3N4O2S. The number of carbonyl (C=O) groups is 1. The molecular weight excluding hydrogens is 345 g/mol. The lowest BCUT2D eigenvalue weighted by atomic mass is 10.1. The van der Waals surface area contributed by atoms with E-state index in [1.165, 1.54) is 11.3 Å². The Morgan fingerprint density at radius 1 is 1.29 bits per heavy atom. The van der Waals surface area contributed by atoms with Gasteiger partial charge in [0.2, 0.25) is 0 Å². The zero-order valence-electron chi connectivity index (χ0n) is 12.4. The summed E-state index contributed by atoms with van der Waals surface area (Å²) in [6, 6.07) is 0.497. The monoisotopic (exact) mass is 358 g/mol. The Balaban J connectivity index is 1.57. The highest BCUT2D eigenvalue weighted by atomic mass is 32.1. The highest BCUT2D eigenvalue weighted by molar-refractivity contribution is 7.07. The number of aromatic nitrogens is 3. The van der Waals surface area contributed by atoms with Crippen LogP contribution in [0.3, 0.4) is 0 Å². The first-order valence-corrected chi connectivity index (χ1v) is 8.12. The van der Waals surface area contributed by atoms with Crippen LogP contribution in [0.1, 0.15) is 29.0 Å². The van der Waals surface area contributed by atoms with Gasteiger partial charge in [0.25, 0.3) is 5.91 Å². The van der Waals surface area contributed by atoms with E-state index in [4.69, 9.17) is 4.74 Å². The second kappa shape index (κ2) is 6.71. The Morgan fingerprint density at radius 2 is 2.04 bits per heavy atom. The molecule has 0 N–H and O–H groups in total. The molecule has 24 heavy (non-hydrogen) atoms. The Kier molecular flexibility index (Phi) is 4.65. The molecule has 0 aromatic carbocycles. The van der Waals surface area contributed by atoms with Gasteiger partial charge in [-0.25, -0.2) is 9.97 Å². The first-order chi connectivity index (χ1) is 11.4. The van der Waals surface area contributed by atoms with E-state index in [9.17, 15) is 18.0 Å². The predicted molar refractivity (Wildman–Crippen MR) is 78.7 cm³/mol. The number of hydrogen-bond donors (Lipinski definition) is 0. The van der Waals surface area contributed by atoms with Crippen molar-refractivity contribution in [2.24, 2.45) is 0 Å². The number of halogens is 3. The average molecular weight is 358 g/mol. The summed E-state index contributed by atoms with van der Waals surface area (Å²) in [7, 11) is 0. The van der Waals surface area contributed by atoms with Gasteiger partial charge < -0.3 is 9.64 Å². The van der Waals surface area contributed by atoms with Crippen molar-refractivity contribution in [1.82, 2.24) is 19.9 Å². The van der Waals surface area contributed by atoms with Crippen LogP contribution in [0, 0.1) is 0 Å². The highest BCUT2D eigenvalue weighted by Gasteiger charge is 2.33. The van der Waals surface area contributed by atoms with Crippen molar-refractivity contribution in [3.63, 3.8) is 0 Å². The summed E-state index contributed by atoms with van der Waals surface area (Å²) < 4.78 is 43.3. The molecule has 1 saturated heterocycles. The molecule has 3 heterocycles. The quantitative estimate of drug-likeness (QED) is 0.844. The summed E-state index contributed by atoms with van der Waals surface area (Å²) in [4.78, 5) is 24.9. The number of amides is 1. The van der Waals surface area contributed by atoms with Crippen molar-refractivity contribution in [2.45, 2.75) is 25.1 Å². The van der Waals surface area contributed by atoms with Crippen molar-refractivity contribution in [1.29, 1.82) is 0 Å². The van der Waals surface area contributed by atoms with Crippen LogP contribution in [-0.2, 0) is 6.18 Å². The number of thiazole rings is 1. The van der Waals surface area contributed by atoms with Gasteiger partial charge in [-0.1, -0.05) is 0 Å². The minimum Gasteiger partial charge on any atom is -0.460 e. The fourth-order valence-electron chi connectivity index (χ4n) is 2.36. The van der Waals surface area contributed by atoms with Gasteiger partial charge in [-0.05, 0) is 6.07 Å². The Labute approximate surface area is 139 Å². The number of nitrogens with zero attached hydrogens (tertiary/aromatic N) is 4. The third-order valence-corrected chi connectivity index (χ3v) is 4.16. The maximum atomic E-state index is 12.6. The molecule has 0 bridgehead atoms. The fourth-order valence-corrected chi connectivity index (χ4v) is 2.89. The number of hydrogen-bond acceptors (Lipinski definition) is 6. The van der Waals surface area contributed by atoms with Gasteiger partial charge in [-0.2, -0.15) is 18.2 Å². The molecule has 128 valence electrons. The van der Waals surface area contributed by atoms with Crippen LogP contribution in [0.5, 0.6) is 6.01 Å². The van der Waals surface area contributed by atoms with Crippen molar-refractivity contribution in [3.05, 3.63) is 34.5 Å². The summed E-state index contributed by atoms with van der Waals surface area (Å²) in [6.07, 6.45) is -2.85. The second-order valence-corrected chi connectivity index (χ2v) is 5.92. The molecule has 1 aliphatic rings. The fraction of sp³-hybridized carbons (Fsp3) is 0.429. The van der Waals surface area contributed by atoms with E-state index in [1.807, 2.05) is 0 Å². The standard InChI is InChI=1S/C14H13F3N4O2S/c15-14(16,17)11-1-4-18-13(20-11)23-9-2-5-21(6-3-9)12(22)10-7-24-8-19-10/h1,4,7-9H,2-3,5-6H2. The zero-order valence-corrected chi connectivity index (χ0v) is 13.2. The molecule has 2 aromatic rings. The molecule has 1 fully saturated rings. The van der Waals surface area contributed by atoms with E-state index in [0.717, 1.165) is 12.3 Å². The third kappa shape index (κ3) is 3.81. The van der Waals surface area contributed by atoms with Gasteiger partial charge in [0.15, 0.2) is 5.69 Å². The maximum absolute atomic E-state index is 12.6. The zero-order chi connectivity index (χ0) is 17.2. The molecule has 0 atom stereocenters. The highest BCUT2D eigenvalue weighted by Crippen LogP contribution is 2.28. The molecule has 1 aliphatic heterocycles. The molecule has 0 unspecified atom stereocenters. The summed E-state index contributed by atoms with van der Waals surface area (Å²) in [5.74, 6) is -0.148. The molecule has 6 nitrogen and oxygen atoms in total. The lowest BCUT2D eigenvalue weighted by molar-refractivity contribution is -0.141. The van der Waals surface area contributed by atoms with E-state index >= 15 is 0 Å². The van der Waals surface area contributed by atoms with E-state index in [2.05, 4.69) is 15.0 Å². The Bertz CT molecular complexity index is 700. The first-order valence-electron chi connectivity index (χ1n) is 7.18. The largest absolute Gasteiger partial charge is 0.460 e. The number of carbonyl (C=O) groups excluding carboxylic acids is 1. The van der Waals surface area contributed by atoms with Crippen LogP contribution in [0.2, 0.25) is 0 Å².